The predicted octanol–water partition coefficient (Wildman–Crippen LogP) is 6.19. The van der Waals surface area contributed by atoms with Crippen molar-refractivity contribution in [3.8, 4) is 0 Å². The van der Waals surface area contributed by atoms with E-state index in [4.69, 9.17) is 16.0 Å². The Morgan fingerprint density at radius 1 is 1.06 bits per heavy atom. The number of amides is 1. The van der Waals surface area contributed by atoms with E-state index in [0.717, 1.165) is 22.6 Å². The Morgan fingerprint density at radius 2 is 1.81 bits per heavy atom. The van der Waals surface area contributed by atoms with Gasteiger partial charge in [-0.1, -0.05) is 29.8 Å². The third-order valence-electron chi connectivity index (χ3n) is 5.02. The zero-order valence-electron chi connectivity index (χ0n) is 17.1. The van der Waals surface area contributed by atoms with Crippen LogP contribution in [0.1, 0.15) is 12.8 Å². The number of anilines is 2. The maximum Gasteiger partial charge on any atom is 0.232 e. The molecule has 1 heterocycles. The van der Waals surface area contributed by atoms with Crippen molar-refractivity contribution in [2.75, 3.05) is 22.4 Å². The Morgan fingerprint density at radius 3 is 2.56 bits per heavy atom. The summed E-state index contributed by atoms with van der Waals surface area (Å²) in [5.41, 5.74) is 2.57. The molecule has 166 valence electrons. The summed E-state index contributed by atoms with van der Waals surface area (Å²) >= 11 is 9.41. The molecule has 0 saturated carbocycles. The van der Waals surface area contributed by atoms with Crippen LogP contribution in [0.5, 0.6) is 0 Å². The molecule has 3 aromatic carbocycles. The van der Waals surface area contributed by atoms with Crippen molar-refractivity contribution in [2.24, 2.45) is 0 Å². The summed E-state index contributed by atoms with van der Waals surface area (Å²) in [7, 11) is -3.53. The van der Waals surface area contributed by atoms with E-state index in [2.05, 4.69) is 21.2 Å². The minimum absolute atomic E-state index is 0.160. The molecule has 0 radical (unpaired) electrons. The van der Waals surface area contributed by atoms with Gasteiger partial charge in [0.25, 0.3) is 0 Å². The largest absolute Gasteiger partial charge is 0.456 e. The van der Waals surface area contributed by atoms with E-state index in [1.807, 2.05) is 36.4 Å². The SMILES string of the molecule is CS(=O)(=O)N(CCCC(=O)Nc1ccc2c(c1)oc1ccccc12)c1ccc(Br)c(Cl)c1. The number of carbonyl (C=O) groups is 1. The van der Waals surface area contributed by atoms with Gasteiger partial charge in [0.1, 0.15) is 11.2 Å². The molecule has 0 saturated heterocycles. The van der Waals surface area contributed by atoms with Crippen molar-refractivity contribution < 1.29 is 17.6 Å². The summed E-state index contributed by atoms with van der Waals surface area (Å²) < 4.78 is 32.3. The first-order valence-corrected chi connectivity index (χ1v) is 12.9. The van der Waals surface area contributed by atoms with Crippen molar-refractivity contribution in [1.29, 1.82) is 0 Å². The van der Waals surface area contributed by atoms with Gasteiger partial charge in [-0.25, -0.2) is 8.42 Å². The molecule has 0 spiro atoms. The molecule has 0 unspecified atom stereocenters. The lowest BCUT2D eigenvalue weighted by atomic mass is 10.1. The molecule has 0 atom stereocenters. The lowest BCUT2D eigenvalue weighted by molar-refractivity contribution is -0.116. The highest BCUT2D eigenvalue weighted by Gasteiger charge is 2.18. The smallest absolute Gasteiger partial charge is 0.232 e. The van der Waals surface area contributed by atoms with E-state index in [1.165, 1.54) is 4.31 Å². The van der Waals surface area contributed by atoms with Gasteiger partial charge in [-0.05, 0) is 58.7 Å². The number of nitrogens with one attached hydrogen (secondary N) is 1. The number of furan rings is 1. The minimum atomic E-state index is -3.53. The molecular weight excluding hydrogens is 516 g/mol. The number of fused-ring (bicyclic) bond motifs is 3. The molecule has 1 N–H and O–H groups in total. The number of hydrogen-bond acceptors (Lipinski definition) is 4. The number of carbonyl (C=O) groups excluding carboxylic acids is 1. The average molecular weight is 536 g/mol. The average Bonchev–Trinajstić information content (AvgIpc) is 3.10. The van der Waals surface area contributed by atoms with Gasteiger partial charge >= 0.3 is 0 Å². The molecule has 1 amide bonds. The standard InChI is InChI=1S/C23H20BrClN2O4S/c1-32(29,30)27(16-9-11-19(24)20(25)14-16)12-4-7-23(28)26-15-8-10-18-17-5-2-3-6-21(17)31-22(18)13-15/h2-3,5-6,8-11,13-14H,4,7,12H2,1H3,(H,26,28). The summed E-state index contributed by atoms with van der Waals surface area (Å²) in [5.74, 6) is -0.206. The number of halogens is 2. The second-order valence-electron chi connectivity index (χ2n) is 7.39. The Hall–Kier alpha value is -2.55. The van der Waals surface area contributed by atoms with Crippen LogP contribution in [0.15, 0.2) is 69.6 Å². The highest BCUT2D eigenvalue weighted by Crippen LogP contribution is 2.31. The Kier molecular flexibility index (Phi) is 6.46. The van der Waals surface area contributed by atoms with E-state index < -0.39 is 10.0 Å². The summed E-state index contributed by atoms with van der Waals surface area (Å²) in [6.07, 6.45) is 1.64. The molecule has 0 aliphatic rings. The second-order valence-corrected chi connectivity index (χ2v) is 10.6. The normalized spacial score (nSPS) is 11.7. The molecule has 0 aliphatic carbocycles. The fraction of sp³-hybridized carbons (Fsp3) is 0.174. The van der Waals surface area contributed by atoms with Gasteiger partial charge in [0, 0.05) is 40.0 Å². The number of nitrogens with zero attached hydrogens (tertiary/aromatic N) is 1. The molecule has 9 heteroatoms. The predicted molar refractivity (Wildman–Crippen MR) is 133 cm³/mol. The number of benzene rings is 3. The van der Waals surface area contributed by atoms with Crippen molar-refractivity contribution in [1.82, 2.24) is 0 Å². The quantitative estimate of drug-likeness (QED) is 0.306. The van der Waals surface area contributed by atoms with Gasteiger partial charge in [-0.3, -0.25) is 9.10 Å². The third-order valence-corrected chi connectivity index (χ3v) is 7.45. The molecule has 0 aliphatic heterocycles. The summed E-state index contributed by atoms with van der Waals surface area (Å²) in [6.45, 7) is 0.160. The van der Waals surface area contributed by atoms with Gasteiger partial charge in [0.05, 0.1) is 17.0 Å². The molecule has 0 fully saturated rings. The molecule has 0 bridgehead atoms. The van der Waals surface area contributed by atoms with Crippen molar-refractivity contribution in [3.05, 3.63) is 70.2 Å². The van der Waals surface area contributed by atoms with Gasteiger partial charge in [-0.15, -0.1) is 0 Å². The van der Waals surface area contributed by atoms with Gasteiger partial charge in [0.2, 0.25) is 15.9 Å². The Bertz CT molecular complexity index is 1420. The van der Waals surface area contributed by atoms with Gasteiger partial charge in [0.15, 0.2) is 0 Å². The highest BCUT2D eigenvalue weighted by molar-refractivity contribution is 9.10. The van der Waals surface area contributed by atoms with Crippen LogP contribution in [0.4, 0.5) is 11.4 Å². The van der Waals surface area contributed by atoms with Crippen LogP contribution in [0.3, 0.4) is 0 Å². The minimum Gasteiger partial charge on any atom is -0.456 e. The summed E-state index contributed by atoms with van der Waals surface area (Å²) in [6, 6.07) is 18.2. The van der Waals surface area contributed by atoms with E-state index in [9.17, 15) is 13.2 Å². The maximum atomic E-state index is 12.5. The topological polar surface area (TPSA) is 79.6 Å². The molecule has 4 aromatic rings. The molecule has 4 rings (SSSR count). The van der Waals surface area contributed by atoms with Crippen LogP contribution in [0, 0.1) is 0 Å². The zero-order chi connectivity index (χ0) is 22.9. The first-order chi connectivity index (χ1) is 15.2. The molecule has 32 heavy (non-hydrogen) atoms. The van der Waals surface area contributed by atoms with E-state index in [0.29, 0.717) is 32.9 Å². The van der Waals surface area contributed by atoms with Crippen LogP contribution in [-0.2, 0) is 14.8 Å². The molecular formula is C23H20BrClN2O4S. The van der Waals surface area contributed by atoms with Crippen molar-refractivity contribution in [2.45, 2.75) is 12.8 Å². The Balaban J connectivity index is 1.41. The van der Waals surface area contributed by atoms with Crippen molar-refractivity contribution >= 4 is 76.8 Å². The monoisotopic (exact) mass is 534 g/mol. The maximum absolute atomic E-state index is 12.5. The van der Waals surface area contributed by atoms with Crippen LogP contribution < -0.4 is 9.62 Å². The van der Waals surface area contributed by atoms with Crippen LogP contribution in [0.25, 0.3) is 21.9 Å². The van der Waals surface area contributed by atoms with E-state index >= 15 is 0 Å². The molecule has 1 aromatic heterocycles. The number of sulfonamides is 1. The zero-order valence-corrected chi connectivity index (χ0v) is 20.3. The first-order valence-electron chi connectivity index (χ1n) is 9.86. The summed E-state index contributed by atoms with van der Waals surface area (Å²) in [5, 5.41) is 5.27. The second kappa shape index (κ2) is 9.13. The number of rotatable bonds is 7. The lowest BCUT2D eigenvalue weighted by Crippen LogP contribution is -2.31. The Labute approximate surface area is 199 Å². The van der Waals surface area contributed by atoms with Crippen molar-refractivity contribution in [3.63, 3.8) is 0 Å². The van der Waals surface area contributed by atoms with E-state index in [1.54, 1.807) is 24.3 Å². The highest BCUT2D eigenvalue weighted by atomic mass is 79.9. The third kappa shape index (κ3) is 4.92. The van der Waals surface area contributed by atoms with Gasteiger partial charge < -0.3 is 9.73 Å². The van der Waals surface area contributed by atoms with Gasteiger partial charge in [-0.2, -0.15) is 0 Å². The lowest BCUT2D eigenvalue weighted by Gasteiger charge is -2.22. The van der Waals surface area contributed by atoms with Crippen LogP contribution in [0.2, 0.25) is 5.02 Å². The number of para-hydroxylation sites is 1. The fourth-order valence-electron chi connectivity index (χ4n) is 3.54. The first kappa shape index (κ1) is 22.6. The number of hydrogen-bond donors (Lipinski definition) is 1. The van der Waals surface area contributed by atoms with Crippen LogP contribution in [-0.4, -0.2) is 27.1 Å². The fourth-order valence-corrected chi connectivity index (χ4v) is 4.92. The molecule has 6 nitrogen and oxygen atoms in total. The van der Waals surface area contributed by atoms with E-state index in [-0.39, 0.29) is 18.9 Å². The summed E-state index contributed by atoms with van der Waals surface area (Å²) in [4.78, 5) is 12.5. The van der Waals surface area contributed by atoms with Crippen LogP contribution >= 0.6 is 27.5 Å².